The first-order valence-corrected chi connectivity index (χ1v) is 8.70. The fourth-order valence-electron chi connectivity index (χ4n) is 3.02. The van der Waals surface area contributed by atoms with Gasteiger partial charge in [-0.3, -0.25) is 4.99 Å². The lowest BCUT2D eigenvalue weighted by Crippen LogP contribution is -3.06. The molecular weight excluding hydrogens is 332 g/mol. The molecule has 0 aliphatic carbocycles. The van der Waals surface area contributed by atoms with Crippen LogP contribution in [-0.2, 0) is 0 Å². The van der Waals surface area contributed by atoms with Crippen molar-refractivity contribution in [3.63, 3.8) is 0 Å². The molecule has 0 spiro atoms. The number of hydrogen-bond donors (Lipinski definition) is 2. The fourth-order valence-corrected chi connectivity index (χ4v) is 3.29. The van der Waals surface area contributed by atoms with Crippen molar-refractivity contribution in [1.29, 1.82) is 0 Å². The van der Waals surface area contributed by atoms with Gasteiger partial charge in [-0.2, -0.15) is 0 Å². The molecule has 3 aromatic rings. The highest BCUT2D eigenvalue weighted by Crippen LogP contribution is 2.26. The number of phenolic OH excluding ortho intramolecular Hbond substituents is 1. The monoisotopic (exact) mass is 353 g/mol. The van der Waals surface area contributed by atoms with Crippen LogP contribution in [0.2, 0.25) is 5.02 Å². The Morgan fingerprint density at radius 3 is 2.52 bits per heavy atom. The zero-order valence-corrected chi connectivity index (χ0v) is 15.2. The van der Waals surface area contributed by atoms with Crippen LogP contribution in [0, 0.1) is 0 Å². The Kier molecular flexibility index (Phi) is 5.37. The minimum atomic E-state index is 0.155. The molecule has 0 amide bonds. The first-order valence-electron chi connectivity index (χ1n) is 8.33. The fraction of sp³-hybridized carbons (Fsp3) is 0.190. The Bertz CT molecular complexity index is 905. The van der Waals surface area contributed by atoms with Gasteiger partial charge in [0.25, 0.3) is 0 Å². The number of rotatable bonds is 5. The summed E-state index contributed by atoms with van der Waals surface area (Å²) >= 11 is 6.36. The Labute approximate surface area is 153 Å². The number of halogens is 1. The predicted octanol–water partition coefficient (Wildman–Crippen LogP) is 3.50. The molecule has 0 fully saturated rings. The average Bonchev–Trinajstić information content (AvgIpc) is 2.61. The SMILES string of the molecule is C[NH+](C)[C@H](CN=Cc1c(O)ccc2ccccc12)c1ccccc1Cl. The smallest absolute Gasteiger partial charge is 0.134 e. The first kappa shape index (κ1) is 17.5. The van der Waals surface area contributed by atoms with Gasteiger partial charge in [0, 0.05) is 22.4 Å². The lowest BCUT2D eigenvalue weighted by molar-refractivity contribution is -0.890. The zero-order chi connectivity index (χ0) is 17.8. The molecule has 1 atom stereocenters. The van der Waals surface area contributed by atoms with Crippen LogP contribution in [0.15, 0.2) is 65.7 Å². The number of benzene rings is 3. The molecule has 3 rings (SSSR count). The van der Waals surface area contributed by atoms with Crippen molar-refractivity contribution < 1.29 is 10.0 Å². The van der Waals surface area contributed by atoms with E-state index in [4.69, 9.17) is 11.6 Å². The number of likely N-dealkylation sites (N-methyl/N-ethyl adjacent to an activating group) is 1. The molecule has 4 heteroatoms. The van der Waals surface area contributed by atoms with E-state index in [9.17, 15) is 5.11 Å². The van der Waals surface area contributed by atoms with Crippen molar-refractivity contribution in [1.82, 2.24) is 0 Å². The van der Waals surface area contributed by atoms with Gasteiger partial charge in [-0.05, 0) is 22.9 Å². The molecule has 25 heavy (non-hydrogen) atoms. The van der Waals surface area contributed by atoms with Crippen molar-refractivity contribution in [2.45, 2.75) is 6.04 Å². The Morgan fingerprint density at radius 2 is 1.76 bits per heavy atom. The molecule has 0 aromatic heterocycles. The minimum Gasteiger partial charge on any atom is -0.507 e. The number of aromatic hydroxyl groups is 1. The van der Waals surface area contributed by atoms with Gasteiger partial charge in [-0.15, -0.1) is 0 Å². The average molecular weight is 354 g/mol. The molecule has 3 aromatic carbocycles. The van der Waals surface area contributed by atoms with E-state index in [-0.39, 0.29) is 11.8 Å². The largest absolute Gasteiger partial charge is 0.507 e. The van der Waals surface area contributed by atoms with Gasteiger partial charge in [0.05, 0.1) is 20.6 Å². The summed E-state index contributed by atoms with van der Waals surface area (Å²) in [6.07, 6.45) is 1.77. The van der Waals surface area contributed by atoms with E-state index in [0.29, 0.717) is 6.54 Å². The second-order valence-electron chi connectivity index (χ2n) is 6.37. The van der Waals surface area contributed by atoms with E-state index in [1.165, 1.54) is 4.90 Å². The molecule has 0 aliphatic heterocycles. The van der Waals surface area contributed by atoms with E-state index >= 15 is 0 Å². The van der Waals surface area contributed by atoms with E-state index in [0.717, 1.165) is 26.9 Å². The molecule has 0 saturated carbocycles. The standard InChI is InChI=1S/C21H21ClN2O/c1-24(2)20(17-9-5-6-10-19(17)22)14-23-13-18-16-8-4-3-7-15(16)11-12-21(18)25/h3-13,20,25H,14H2,1-2H3/p+1/t20-/m1/s1. The summed E-state index contributed by atoms with van der Waals surface area (Å²) < 4.78 is 0. The van der Waals surface area contributed by atoms with Crippen molar-refractivity contribution in [3.8, 4) is 5.75 Å². The molecule has 0 saturated heterocycles. The predicted molar refractivity (Wildman–Crippen MR) is 105 cm³/mol. The van der Waals surface area contributed by atoms with Gasteiger partial charge in [0.1, 0.15) is 11.8 Å². The highest BCUT2D eigenvalue weighted by molar-refractivity contribution is 6.31. The lowest BCUT2D eigenvalue weighted by atomic mass is 10.0. The van der Waals surface area contributed by atoms with Crippen LogP contribution in [0.3, 0.4) is 0 Å². The molecule has 0 unspecified atom stereocenters. The maximum atomic E-state index is 10.2. The van der Waals surface area contributed by atoms with E-state index in [1.807, 2.05) is 54.6 Å². The third-order valence-corrected chi connectivity index (χ3v) is 4.78. The molecule has 0 heterocycles. The van der Waals surface area contributed by atoms with Crippen molar-refractivity contribution in [2.75, 3.05) is 20.6 Å². The molecule has 2 N–H and O–H groups in total. The molecule has 128 valence electrons. The number of aliphatic imine (C=N–C) groups is 1. The van der Waals surface area contributed by atoms with Crippen LogP contribution in [0.5, 0.6) is 5.75 Å². The summed E-state index contributed by atoms with van der Waals surface area (Å²) in [5.74, 6) is 0.244. The summed E-state index contributed by atoms with van der Waals surface area (Å²) in [5, 5.41) is 13.1. The third kappa shape index (κ3) is 3.84. The second kappa shape index (κ2) is 7.68. The maximum Gasteiger partial charge on any atom is 0.134 e. The van der Waals surface area contributed by atoms with Crippen LogP contribution >= 0.6 is 11.6 Å². The van der Waals surface area contributed by atoms with Crippen molar-refractivity contribution in [3.05, 3.63) is 76.8 Å². The van der Waals surface area contributed by atoms with E-state index < -0.39 is 0 Å². The van der Waals surface area contributed by atoms with Gasteiger partial charge in [0.2, 0.25) is 0 Å². The van der Waals surface area contributed by atoms with Gasteiger partial charge in [0.15, 0.2) is 0 Å². The summed E-state index contributed by atoms with van der Waals surface area (Å²) in [5.41, 5.74) is 1.84. The van der Waals surface area contributed by atoms with Crippen molar-refractivity contribution >= 4 is 28.6 Å². The summed E-state index contributed by atoms with van der Waals surface area (Å²) in [4.78, 5) is 5.88. The second-order valence-corrected chi connectivity index (χ2v) is 6.77. The van der Waals surface area contributed by atoms with Crippen LogP contribution in [0.25, 0.3) is 10.8 Å². The summed E-state index contributed by atoms with van der Waals surface area (Å²) in [6, 6.07) is 19.7. The molecular formula is C21H22ClN2O+. The molecule has 3 nitrogen and oxygen atoms in total. The maximum absolute atomic E-state index is 10.2. The third-order valence-electron chi connectivity index (χ3n) is 4.43. The van der Waals surface area contributed by atoms with Crippen molar-refractivity contribution in [2.24, 2.45) is 4.99 Å². The van der Waals surface area contributed by atoms with Crippen LogP contribution in [0.4, 0.5) is 0 Å². The van der Waals surface area contributed by atoms with Gasteiger partial charge >= 0.3 is 0 Å². The van der Waals surface area contributed by atoms with Crippen LogP contribution in [0.1, 0.15) is 17.2 Å². The molecule has 0 aliphatic rings. The van der Waals surface area contributed by atoms with E-state index in [1.54, 1.807) is 12.3 Å². The summed E-state index contributed by atoms with van der Waals surface area (Å²) in [7, 11) is 4.19. The molecule has 0 radical (unpaired) electrons. The number of fused-ring (bicyclic) bond motifs is 1. The van der Waals surface area contributed by atoms with Gasteiger partial charge < -0.3 is 10.0 Å². The number of nitrogens with zero attached hydrogens (tertiary/aromatic N) is 1. The highest BCUT2D eigenvalue weighted by atomic mass is 35.5. The van der Waals surface area contributed by atoms with Gasteiger partial charge in [-0.25, -0.2) is 0 Å². The molecule has 0 bridgehead atoms. The Hall–Kier alpha value is -2.36. The van der Waals surface area contributed by atoms with Crippen LogP contribution < -0.4 is 4.90 Å². The zero-order valence-electron chi connectivity index (χ0n) is 14.4. The lowest BCUT2D eigenvalue weighted by Gasteiger charge is -2.21. The minimum absolute atomic E-state index is 0.155. The number of phenols is 1. The van der Waals surface area contributed by atoms with Gasteiger partial charge in [-0.1, -0.05) is 60.1 Å². The summed E-state index contributed by atoms with van der Waals surface area (Å²) in [6.45, 7) is 0.592. The van der Waals surface area contributed by atoms with E-state index in [2.05, 4.69) is 19.1 Å². The Balaban J connectivity index is 1.89. The number of hydrogen-bond acceptors (Lipinski definition) is 2. The Morgan fingerprint density at radius 1 is 1.04 bits per heavy atom. The highest BCUT2D eigenvalue weighted by Gasteiger charge is 2.19. The quantitative estimate of drug-likeness (QED) is 0.677. The normalized spacial score (nSPS) is 13.0. The topological polar surface area (TPSA) is 37.0 Å². The van der Waals surface area contributed by atoms with Crippen LogP contribution in [-0.4, -0.2) is 32.0 Å². The number of nitrogens with one attached hydrogen (secondary N) is 1. The first-order chi connectivity index (χ1) is 12.1. The number of quaternary nitrogens is 1.